The molecule has 31 heavy (non-hydrogen) atoms. The zero-order chi connectivity index (χ0) is 22.2. The Bertz CT molecular complexity index is 1310. The lowest BCUT2D eigenvalue weighted by Crippen LogP contribution is -2.30. The van der Waals surface area contributed by atoms with Gasteiger partial charge in [0.25, 0.3) is 5.91 Å². The van der Waals surface area contributed by atoms with Gasteiger partial charge in [-0.15, -0.1) is 0 Å². The summed E-state index contributed by atoms with van der Waals surface area (Å²) in [5, 5.41) is 2.83. The Labute approximate surface area is 173 Å². The van der Waals surface area contributed by atoms with Crippen molar-refractivity contribution < 1.29 is 22.4 Å². The highest BCUT2D eigenvalue weighted by Crippen LogP contribution is 2.31. The van der Waals surface area contributed by atoms with E-state index in [2.05, 4.69) is 15.3 Å². The number of nitrogens with zero attached hydrogens (tertiary/aromatic N) is 1. The summed E-state index contributed by atoms with van der Waals surface area (Å²) in [6.07, 6.45) is -2.91. The highest BCUT2D eigenvalue weighted by atomic mass is 19.4. The van der Waals surface area contributed by atoms with Crippen LogP contribution in [0.4, 0.5) is 13.2 Å². The van der Waals surface area contributed by atoms with Gasteiger partial charge in [0.05, 0.1) is 22.8 Å². The number of nitrogens with one attached hydrogen (secondary N) is 2. The second-order valence-corrected chi connectivity index (χ2v) is 6.96. The molecular weight excluding hydrogens is 411 g/mol. The number of hydrogen-bond acceptors (Lipinski definition) is 4. The van der Waals surface area contributed by atoms with Gasteiger partial charge in [-0.1, -0.05) is 18.2 Å². The molecule has 1 amide bonds. The monoisotopic (exact) mass is 427 g/mol. The van der Waals surface area contributed by atoms with Crippen molar-refractivity contribution >= 4 is 17.0 Å². The molecule has 0 aliphatic rings. The fourth-order valence-electron chi connectivity index (χ4n) is 3.28. The fourth-order valence-corrected chi connectivity index (χ4v) is 3.28. The number of H-pyrrole nitrogens is 1. The first-order chi connectivity index (χ1) is 14.7. The van der Waals surface area contributed by atoms with E-state index in [4.69, 9.17) is 4.42 Å². The number of halogens is 3. The summed E-state index contributed by atoms with van der Waals surface area (Å²) >= 11 is 0. The number of aryl methyl sites for hydroxylation is 1. The van der Waals surface area contributed by atoms with Gasteiger partial charge in [0.15, 0.2) is 5.58 Å². The zero-order valence-electron chi connectivity index (χ0n) is 16.2. The molecule has 0 saturated heterocycles. The molecule has 2 heterocycles. The largest absolute Gasteiger partial charge is 0.417 e. The standard InChI is InChI=1S/C22H16F3N3O3/c1-12-3-2-10-26-18(12)19(13-4-7-15(8-5-13)22(23,24)25)28-20(29)14-6-9-17-16(11-14)27-21(30)31-17/h2-11,19H,1H3,(H,27,30)(H,28,29). The van der Waals surface area contributed by atoms with Crippen LogP contribution in [0.1, 0.15) is 38.8 Å². The Kier molecular flexibility index (Phi) is 5.10. The molecule has 2 aromatic carbocycles. The predicted octanol–water partition coefficient (Wildman–Crippen LogP) is 4.36. The fraction of sp³-hybridized carbons (Fsp3) is 0.136. The van der Waals surface area contributed by atoms with E-state index in [0.29, 0.717) is 22.4 Å². The highest BCUT2D eigenvalue weighted by Gasteiger charge is 2.30. The lowest BCUT2D eigenvalue weighted by Gasteiger charge is -2.21. The van der Waals surface area contributed by atoms with Crippen molar-refractivity contribution in [2.24, 2.45) is 0 Å². The van der Waals surface area contributed by atoms with Gasteiger partial charge in [0, 0.05) is 11.8 Å². The van der Waals surface area contributed by atoms with Gasteiger partial charge in [-0.3, -0.25) is 14.8 Å². The van der Waals surface area contributed by atoms with Crippen molar-refractivity contribution in [3.63, 3.8) is 0 Å². The number of carbonyl (C=O) groups excluding carboxylic acids is 1. The number of rotatable bonds is 4. The zero-order valence-corrected chi connectivity index (χ0v) is 16.2. The molecule has 6 nitrogen and oxygen atoms in total. The Morgan fingerprint density at radius 3 is 2.55 bits per heavy atom. The van der Waals surface area contributed by atoms with E-state index in [0.717, 1.165) is 17.7 Å². The first-order valence-electron chi connectivity index (χ1n) is 9.25. The second kappa shape index (κ2) is 7.75. The molecule has 0 aliphatic heterocycles. The van der Waals surface area contributed by atoms with Crippen LogP contribution < -0.4 is 11.1 Å². The molecule has 9 heteroatoms. The molecule has 4 aromatic rings. The molecule has 0 saturated carbocycles. The van der Waals surface area contributed by atoms with Gasteiger partial charge in [0.2, 0.25) is 0 Å². The number of aromatic nitrogens is 2. The molecule has 0 spiro atoms. The Hall–Kier alpha value is -3.88. The van der Waals surface area contributed by atoms with Crippen LogP contribution in [0.5, 0.6) is 0 Å². The van der Waals surface area contributed by atoms with Crippen molar-refractivity contribution in [1.82, 2.24) is 15.3 Å². The molecule has 158 valence electrons. The number of aromatic amines is 1. The first-order valence-corrected chi connectivity index (χ1v) is 9.25. The molecule has 1 atom stereocenters. The summed E-state index contributed by atoms with van der Waals surface area (Å²) < 4.78 is 43.8. The van der Waals surface area contributed by atoms with Crippen molar-refractivity contribution in [2.45, 2.75) is 19.1 Å². The van der Waals surface area contributed by atoms with Gasteiger partial charge >= 0.3 is 11.9 Å². The number of carbonyl (C=O) groups is 1. The number of benzene rings is 2. The van der Waals surface area contributed by atoms with Gasteiger partial charge in [0.1, 0.15) is 0 Å². The van der Waals surface area contributed by atoms with Crippen LogP contribution in [0.3, 0.4) is 0 Å². The van der Waals surface area contributed by atoms with E-state index in [-0.39, 0.29) is 5.56 Å². The third-order valence-electron chi connectivity index (χ3n) is 4.85. The van der Waals surface area contributed by atoms with Crippen molar-refractivity contribution in [2.75, 3.05) is 0 Å². The summed E-state index contributed by atoms with van der Waals surface area (Å²) in [6, 6.07) is 11.8. The number of oxazole rings is 1. The van der Waals surface area contributed by atoms with Crippen LogP contribution in [0.2, 0.25) is 0 Å². The lowest BCUT2D eigenvalue weighted by atomic mass is 9.98. The highest BCUT2D eigenvalue weighted by molar-refractivity contribution is 5.97. The van der Waals surface area contributed by atoms with Gasteiger partial charge in [-0.2, -0.15) is 13.2 Å². The molecule has 0 radical (unpaired) electrons. The quantitative estimate of drug-likeness (QED) is 0.507. The maximum Gasteiger partial charge on any atom is 0.417 e. The smallest absolute Gasteiger partial charge is 0.408 e. The minimum atomic E-state index is -4.46. The van der Waals surface area contributed by atoms with E-state index < -0.39 is 29.4 Å². The van der Waals surface area contributed by atoms with E-state index in [1.54, 1.807) is 25.3 Å². The van der Waals surface area contributed by atoms with Crippen LogP contribution in [0, 0.1) is 6.92 Å². The van der Waals surface area contributed by atoms with Crippen molar-refractivity contribution in [3.8, 4) is 0 Å². The van der Waals surface area contributed by atoms with E-state index in [9.17, 15) is 22.8 Å². The first kappa shape index (κ1) is 20.4. The minimum absolute atomic E-state index is 0.245. The molecule has 2 aromatic heterocycles. The van der Waals surface area contributed by atoms with E-state index >= 15 is 0 Å². The third kappa shape index (κ3) is 4.20. The number of amides is 1. The average molecular weight is 427 g/mol. The topological polar surface area (TPSA) is 88.0 Å². The van der Waals surface area contributed by atoms with Crippen LogP contribution >= 0.6 is 0 Å². The van der Waals surface area contributed by atoms with Crippen molar-refractivity contribution in [1.29, 1.82) is 0 Å². The summed E-state index contributed by atoms with van der Waals surface area (Å²) in [7, 11) is 0. The van der Waals surface area contributed by atoms with E-state index in [1.165, 1.54) is 30.3 Å². The van der Waals surface area contributed by atoms with Gasteiger partial charge in [-0.25, -0.2) is 4.79 Å². The molecule has 0 bridgehead atoms. The summed E-state index contributed by atoms with van der Waals surface area (Å²) in [5.74, 6) is -1.13. The molecule has 4 rings (SSSR count). The molecule has 0 aliphatic carbocycles. The summed E-state index contributed by atoms with van der Waals surface area (Å²) in [6.45, 7) is 1.80. The SMILES string of the molecule is Cc1cccnc1C(NC(=O)c1ccc2oc(=O)[nH]c2c1)c1ccc(C(F)(F)F)cc1. The third-order valence-corrected chi connectivity index (χ3v) is 4.85. The number of alkyl halides is 3. The summed E-state index contributed by atoms with van der Waals surface area (Å²) in [4.78, 5) is 31.1. The molecule has 2 N–H and O–H groups in total. The Morgan fingerprint density at radius 1 is 1.13 bits per heavy atom. The minimum Gasteiger partial charge on any atom is -0.408 e. The normalized spacial score (nSPS) is 12.6. The summed E-state index contributed by atoms with van der Waals surface area (Å²) in [5.41, 5.74) is 1.85. The van der Waals surface area contributed by atoms with Gasteiger partial charge < -0.3 is 9.73 Å². The van der Waals surface area contributed by atoms with Crippen LogP contribution in [0.15, 0.2) is 70.0 Å². The maximum atomic E-state index is 13.0. The molecular formula is C22H16F3N3O3. The predicted molar refractivity (Wildman–Crippen MR) is 107 cm³/mol. The molecule has 0 fully saturated rings. The average Bonchev–Trinajstić information content (AvgIpc) is 3.11. The number of pyridine rings is 1. The number of fused-ring (bicyclic) bond motifs is 1. The molecule has 1 unspecified atom stereocenters. The van der Waals surface area contributed by atoms with E-state index in [1.807, 2.05) is 0 Å². The van der Waals surface area contributed by atoms with Crippen LogP contribution in [-0.4, -0.2) is 15.9 Å². The van der Waals surface area contributed by atoms with Gasteiger partial charge in [-0.05, 0) is 54.4 Å². The second-order valence-electron chi connectivity index (χ2n) is 6.96. The lowest BCUT2D eigenvalue weighted by molar-refractivity contribution is -0.137. The van der Waals surface area contributed by atoms with Crippen LogP contribution in [-0.2, 0) is 6.18 Å². The van der Waals surface area contributed by atoms with Crippen molar-refractivity contribution in [3.05, 3.63) is 99.3 Å². The van der Waals surface area contributed by atoms with Crippen LogP contribution in [0.25, 0.3) is 11.1 Å². The Balaban J connectivity index is 1.71. The number of hydrogen-bond donors (Lipinski definition) is 2. The maximum absolute atomic E-state index is 13.0. The Morgan fingerprint density at radius 2 is 1.87 bits per heavy atom.